The van der Waals surface area contributed by atoms with Gasteiger partial charge in [0.1, 0.15) is 17.3 Å². The topological polar surface area (TPSA) is 79.3 Å². The summed E-state index contributed by atoms with van der Waals surface area (Å²) in [4.78, 5) is 29.4. The number of nitrogens with zero attached hydrogens (tertiary/aromatic N) is 2. The highest BCUT2D eigenvalue weighted by atomic mass is 16.5. The first-order valence-corrected chi connectivity index (χ1v) is 9.59. The minimum absolute atomic E-state index is 0.0384. The predicted molar refractivity (Wildman–Crippen MR) is 114 cm³/mol. The minimum Gasteiger partial charge on any atom is -0.507 e. The minimum atomic E-state index is -0.757. The first-order valence-electron chi connectivity index (χ1n) is 9.59. The van der Waals surface area contributed by atoms with Gasteiger partial charge in [0.2, 0.25) is 0 Å². The lowest BCUT2D eigenvalue weighted by Crippen LogP contribution is -2.35. The average Bonchev–Trinajstić information content (AvgIpc) is 3.01. The maximum absolute atomic E-state index is 13.0. The number of ketones is 1. The molecule has 30 heavy (non-hydrogen) atoms. The largest absolute Gasteiger partial charge is 0.507 e. The monoisotopic (exact) mass is 410 g/mol. The molecule has 0 radical (unpaired) electrons. The fourth-order valence-corrected chi connectivity index (χ4v) is 3.56. The number of aliphatic hydroxyl groups excluding tert-OH is 1. The Kier molecular flexibility index (Phi) is 6.42. The Morgan fingerprint density at radius 1 is 1.07 bits per heavy atom. The molecule has 0 saturated carbocycles. The Labute approximate surface area is 176 Å². The highest BCUT2D eigenvalue weighted by molar-refractivity contribution is 6.46. The highest BCUT2D eigenvalue weighted by Gasteiger charge is 2.46. The zero-order valence-electron chi connectivity index (χ0n) is 17.6. The summed E-state index contributed by atoms with van der Waals surface area (Å²) in [5.74, 6) is -0.525. The first kappa shape index (κ1) is 21.4. The van der Waals surface area contributed by atoms with Crippen LogP contribution in [-0.4, -0.2) is 68.0 Å². The zero-order chi connectivity index (χ0) is 21.8. The molecule has 2 aromatic rings. The molecule has 158 valence electrons. The van der Waals surface area contributed by atoms with Gasteiger partial charge in [-0.05, 0) is 32.3 Å². The number of para-hydroxylation sites is 1. The third-order valence-corrected chi connectivity index (χ3v) is 5.10. The number of aliphatic hydroxyl groups is 1. The van der Waals surface area contributed by atoms with Crippen LogP contribution in [0.4, 0.5) is 0 Å². The molecular formula is C23H26N2O5. The van der Waals surface area contributed by atoms with Crippen molar-refractivity contribution in [3.05, 3.63) is 65.2 Å². The van der Waals surface area contributed by atoms with E-state index < -0.39 is 17.7 Å². The van der Waals surface area contributed by atoms with Crippen LogP contribution in [0, 0.1) is 0 Å². The number of amides is 1. The molecule has 1 amide bonds. The molecule has 2 aromatic carbocycles. The van der Waals surface area contributed by atoms with E-state index in [1.807, 2.05) is 31.1 Å². The van der Waals surface area contributed by atoms with Crippen molar-refractivity contribution in [1.82, 2.24) is 9.80 Å². The molecule has 1 fully saturated rings. The molecule has 0 aromatic heterocycles. The molecule has 0 bridgehead atoms. The second-order valence-electron chi connectivity index (χ2n) is 7.27. The normalized spacial score (nSPS) is 18.2. The average molecular weight is 410 g/mol. The molecule has 1 aliphatic rings. The number of ether oxygens (including phenoxy) is 2. The van der Waals surface area contributed by atoms with Gasteiger partial charge in [0.15, 0.2) is 0 Å². The van der Waals surface area contributed by atoms with Crippen LogP contribution >= 0.6 is 0 Å². The third-order valence-electron chi connectivity index (χ3n) is 5.10. The SMILES string of the molecule is COc1cccc(/C(O)=C2\C(=O)C(=O)N(CCN(C)C)[C@H]2c2ccccc2OC)c1. The summed E-state index contributed by atoms with van der Waals surface area (Å²) in [5.41, 5.74) is 1.08. The van der Waals surface area contributed by atoms with Crippen LogP contribution in [0.1, 0.15) is 17.2 Å². The van der Waals surface area contributed by atoms with Crippen LogP contribution in [0.15, 0.2) is 54.1 Å². The predicted octanol–water partition coefficient (Wildman–Crippen LogP) is 2.69. The van der Waals surface area contributed by atoms with Gasteiger partial charge in [-0.1, -0.05) is 30.3 Å². The van der Waals surface area contributed by atoms with Crippen LogP contribution in [0.3, 0.4) is 0 Å². The van der Waals surface area contributed by atoms with Crippen LogP contribution < -0.4 is 9.47 Å². The van der Waals surface area contributed by atoms with E-state index in [4.69, 9.17) is 9.47 Å². The van der Waals surface area contributed by atoms with Gasteiger partial charge in [-0.15, -0.1) is 0 Å². The molecule has 7 nitrogen and oxygen atoms in total. The van der Waals surface area contributed by atoms with E-state index >= 15 is 0 Å². The maximum Gasteiger partial charge on any atom is 0.295 e. The Bertz CT molecular complexity index is 983. The molecule has 7 heteroatoms. The molecular weight excluding hydrogens is 384 g/mol. The van der Waals surface area contributed by atoms with Crippen LogP contribution in [0.5, 0.6) is 11.5 Å². The Balaban J connectivity index is 2.20. The summed E-state index contributed by atoms with van der Waals surface area (Å²) in [6.45, 7) is 0.896. The number of Topliss-reactive ketones (excluding diaryl/α,β-unsaturated/α-hetero) is 1. The number of carbonyl (C=O) groups excluding carboxylic acids is 2. The Hall–Kier alpha value is -3.32. The molecule has 0 aliphatic carbocycles. The van der Waals surface area contributed by atoms with Gasteiger partial charge < -0.3 is 24.4 Å². The number of likely N-dealkylation sites (N-methyl/N-ethyl adjacent to an activating group) is 1. The summed E-state index contributed by atoms with van der Waals surface area (Å²) < 4.78 is 10.7. The number of likely N-dealkylation sites (tertiary alicyclic amines) is 1. The Morgan fingerprint density at radius 2 is 1.80 bits per heavy atom. The first-order chi connectivity index (χ1) is 14.4. The number of hydrogen-bond donors (Lipinski definition) is 1. The van der Waals surface area contributed by atoms with Crippen molar-refractivity contribution in [2.75, 3.05) is 41.4 Å². The molecule has 0 spiro atoms. The smallest absolute Gasteiger partial charge is 0.295 e. The fraction of sp³-hybridized carbons (Fsp3) is 0.304. The van der Waals surface area contributed by atoms with Gasteiger partial charge in [-0.25, -0.2) is 0 Å². The Morgan fingerprint density at radius 3 is 2.47 bits per heavy atom. The summed E-state index contributed by atoms with van der Waals surface area (Å²) in [7, 11) is 6.84. The number of carbonyl (C=O) groups is 2. The standard InChI is InChI=1S/C23H26N2O5/c1-24(2)12-13-25-20(17-10-5-6-11-18(17)30-4)19(22(27)23(25)28)21(26)15-8-7-9-16(14-15)29-3/h5-11,14,20,26H,12-13H2,1-4H3/b21-19+/t20-/m0/s1. The van der Waals surface area contributed by atoms with Crippen LogP contribution in [0.2, 0.25) is 0 Å². The summed E-state index contributed by atoms with van der Waals surface area (Å²) >= 11 is 0. The summed E-state index contributed by atoms with van der Waals surface area (Å²) in [6.07, 6.45) is 0. The van der Waals surface area contributed by atoms with E-state index in [1.54, 1.807) is 36.4 Å². The van der Waals surface area contributed by atoms with Crippen LogP contribution in [-0.2, 0) is 9.59 Å². The highest BCUT2D eigenvalue weighted by Crippen LogP contribution is 2.42. The lowest BCUT2D eigenvalue weighted by molar-refractivity contribution is -0.140. The van der Waals surface area contributed by atoms with Crippen LogP contribution in [0.25, 0.3) is 5.76 Å². The van der Waals surface area contributed by atoms with Gasteiger partial charge >= 0.3 is 0 Å². The second kappa shape index (κ2) is 9.00. The van der Waals surface area contributed by atoms with E-state index in [0.717, 1.165) is 0 Å². The lowest BCUT2D eigenvalue weighted by Gasteiger charge is -2.27. The number of methoxy groups -OCH3 is 2. The second-order valence-corrected chi connectivity index (χ2v) is 7.27. The van der Waals surface area contributed by atoms with Crippen molar-refractivity contribution < 1.29 is 24.2 Å². The summed E-state index contributed by atoms with van der Waals surface area (Å²) in [6, 6.07) is 13.2. The maximum atomic E-state index is 13.0. The molecule has 0 unspecified atom stereocenters. The van der Waals surface area contributed by atoms with Gasteiger partial charge in [0.05, 0.1) is 25.8 Å². The van der Waals surface area contributed by atoms with E-state index in [-0.39, 0.29) is 11.3 Å². The van der Waals surface area contributed by atoms with Gasteiger partial charge in [0, 0.05) is 24.2 Å². The van der Waals surface area contributed by atoms with E-state index in [9.17, 15) is 14.7 Å². The van der Waals surface area contributed by atoms with Crippen molar-refractivity contribution >= 4 is 17.4 Å². The molecule has 1 heterocycles. The van der Waals surface area contributed by atoms with E-state index in [1.165, 1.54) is 19.1 Å². The quantitative estimate of drug-likeness (QED) is 0.430. The summed E-state index contributed by atoms with van der Waals surface area (Å²) in [5, 5.41) is 11.1. The van der Waals surface area contributed by atoms with Gasteiger partial charge in [-0.3, -0.25) is 9.59 Å². The van der Waals surface area contributed by atoms with Crippen molar-refractivity contribution in [3.8, 4) is 11.5 Å². The zero-order valence-corrected chi connectivity index (χ0v) is 17.6. The van der Waals surface area contributed by atoms with Gasteiger partial charge in [-0.2, -0.15) is 0 Å². The number of rotatable bonds is 7. The van der Waals surface area contributed by atoms with Crippen molar-refractivity contribution in [2.24, 2.45) is 0 Å². The molecule has 1 N–H and O–H groups in total. The molecule has 3 rings (SSSR count). The molecule has 1 saturated heterocycles. The molecule has 1 atom stereocenters. The number of benzene rings is 2. The molecule has 1 aliphatic heterocycles. The lowest BCUT2D eigenvalue weighted by atomic mass is 9.94. The van der Waals surface area contributed by atoms with Crippen molar-refractivity contribution in [3.63, 3.8) is 0 Å². The number of hydrogen-bond acceptors (Lipinski definition) is 6. The van der Waals surface area contributed by atoms with Crippen molar-refractivity contribution in [2.45, 2.75) is 6.04 Å². The van der Waals surface area contributed by atoms with E-state index in [0.29, 0.717) is 35.7 Å². The fourth-order valence-electron chi connectivity index (χ4n) is 3.56. The third kappa shape index (κ3) is 4.02. The van der Waals surface area contributed by atoms with Crippen molar-refractivity contribution in [1.29, 1.82) is 0 Å². The van der Waals surface area contributed by atoms with E-state index in [2.05, 4.69) is 0 Å². The van der Waals surface area contributed by atoms with Gasteiger partial charge in [0.25, 0.3) is 11.7 Å².